The highest BCUT2D eigenvalue weighted by atomic mass is 79.9. The quantitative estimate of drug-likeness (QED) is 0.314. The lowest BCUT2D eigenvalue weighted by molar-refractivity contribution is -0.117. The molecule has 0 bridgehead atoms. The molecule has 6 heteroatoms. The first kappa shape index (κ1) is 20.9. The van der Waals surface area contributed by atoms with Crippen LogP contribution < -0.4 is 10.1 Å². The van der Waals surface area contributed by atoms with Crippen molar-refractivity contribution in [1.82, 2.24) is 5.32 Å². The summed E-state index contributed by atoms with van der Waals surface area (Å²) in [6.45, 7) is 5.87. The van der Waals surface area contributed by atoms with Gasteiger partial charge >= 0.3 is 0 Å². The minimum Gasteiger partial charge on any atom is -0.487 e. The van der Waals surface area contributed by atoms with E-state index in [-0.39, 0.29) is 11.6 Å². The smallest absolute Gasteiger partial charge is 0.262 e. The van der Waals surface area contributed by atoms with Crippen molar-refractivity contribution >= 4 is 43.8 Å². The Morgan fingerprint density at radius 2 is 1.93 bits per heavy atom. The molecule has 0 radical (unpaired) electrons. The van der Waals surface area contributed by atoms with E-state index in [2.05, 4.69) is 43.8 Å². The van der Waals surface area contributed by atoms with Crippen LogP contribution in [0.4, 0.5) is 0 Å². The van der Waals surface area contributed by atoms with Crippen LogP contribution >= 0.6 is 31.9 Å². The number of amides is 1. The van der Waals surface area contributed by atoms with Crippen LogP contribution in [0.1, 0.15) is 24.1 Å². The van der Waals surface area contributed by atoms with Crippen LogP contribution in [0.15, 0.2) is 69.6 Å². The molecule has 4 nitrogen and oxygen atoms in total. The van der Waals surface area contributed by atoms with E-state index in [0.29, 0.717) is 26.9 Å². The molecule has 0 heterocycles. The molecule has 2 aromatic rings. The Balaban J connectivity index is 2.21. The summed E-state index contributed by atoms with van der Waals surface area (Å²) < 4.78 is 6.99. The molecule has 0 aliphatic rings. The van der Waals surface area contributed by atoms with E-state index in [1.165, 1.54) is 0 Å². The summed E-state index contributed by atoms with van der Waals surface area (Å²) in [5.74, 6) is 0.209. The zero-order valence-electron chi connectivity index (χ0n) is 14.7. The van der Waals surface area contributed by atoms with E-state index >= 15 is 0 Å². The van der Waals surface area contributed by atoms with Crippen LogP contribution in [0, 0.1) is 11.3 Å². The van der Waals surface area contributed by atoms with Crippen LogP contribution in [0.3, 0.4) is 0 Å². The molecular weight excluding hydrogens is 472 g/mol. The van der Waals surface area contributed by atoms with Crippen molar-refractivity contribution in [3.63, 3.8) is 0 Å². The van der Waals surface area contributed by atoms with Gasteiger partial charge in [-0.25, -0.2) is 0 Å². The van der Waals surface area contributed by atoms with Gasteiger partial charge < -0.3 is 10.1 Å². The van der Waals surface area contributed by atoms with E-state index in [4.69, 9.17) is 4.74 Å². The maximum atomic E-state index is 12.5. The third-order valence-corrected chi connectivity index (χ3v) is 4.87. The van der Waals surface area contributed by atoms with E-state index in [0.717, 1.165) is 5.56 Å². The maximum absolute atomic E-state index is 12.5. The van der Waals surface area contributed by atoms with Gasteiger partial charge in [-0.1, -0.05) is 43.0 Å². The van der Waals surface area contributed by atoms with Crippen molar-refractivity contribution < 1.29 is 9.53 Å². The molecule has 0 fully saturated rings. The molecule has 1 atom stereocenters. The average Bonchev–Trinajstić information content (AvgIpc) is 2.66. The molecule has 0 aromatic heterocycles. The predicted octanol–water partition coefficient (Wildman–Crippen LogP) is 5.56. The Labute approximate surface area is 175 Å². The average molecular weight is 490 g/mol. The second kappa shape index (κ2) is 10.1. The SMILES string of the molecule is C=CCOc1c(Br)cc(/C=C(\C#N)C(=O)N[C@@H](C)c2ccccc2)cc1Br. The van der Waals surface area contributed by atoms with Crippen LogP contribution in [0.2, 0.25) is 0 Å². The van der Waals surface area contributed by atoms with Gasteiger partial charge in [0.2, 0.25) is 0 Å². The summed E-state index contributed by atoms with van der Waals surface area (Å²) in [5, 5.41) is 12.3. The zero-order valence-corrected chi connectivity index (χ0v) is 17.9. The topological polar surface area (TPSA) is 62.1 Å². The van der Waals surface area contributed by atoms with Gasteiger partial charge in [0.15, 0.2) is 0 Å². The first-order valence-corrected chi connectivity index (χ1v) is 9.75. The number of nitrogens with zero attached hydrogens (tertiary/aromatic N) is 1. The number of benzene rings is 2. The highest BCUT2D eigenvalue weighted by molar-refractivity contribution is 9.11. The zero-order chi connectivity index (χ0) is 19.8. The number of carbonyl (C=O) groups is 1. The Bertz CT molecular complexity index is 879. The van der Waals surface area contributed by atoms with Crippen molar-refractivity contribution in [2.75, 3.05) is 6.61 Å². The number of nitriles is 1. The Kier molecular flexibility index (Phi) is 7.83. The molecule has 0 aliphatic carbocycles. The number of rotatable bonds is 7. The minimum atomic E-state index is -0.423. The first-order valence-electron chi connectivity index (χ1n) is 8.16. The summed E-state index contributed by atoms with van der Waals surface area (Å²) >= 11 is 6.89. The Morgan fingerprint density at radius 1 is 1.30 bits per heavy atom. The Morgan fingerprint density at radius 3 is 2.48 bits per heavy atom. The molecule has 1 N–H and O–H groups in total. The number of nitrogens with one attached hydrogen (secondary N) is 1. The van der Waals surface area contributed by atoms with Crippen molar-refractivity contribution in [2.24, 2.45) is 0 Å². The summed E-state index contributed by atoms with van der Waals surface area (Å²) in [6.07, 6.45) is 3.19. The highest BCUT2D eigenvalue weighted by Crippen LogP contribution is 2.35. The van der Waals surface area contributed by atoms with Crippen LogP contribution in [0.25, 0.3) is 6.08 Å². The van der Waals surface area contributed by atoms with Gasteiger partial charge in [0, 0.05) is 0 Å². The Hall–Kier alpha value is -2.36. The summed E-state index contributed by atoms with van der Waals surface area (Å²) in [7, 11) is 0. The van der Waals surface area contributed by atoms with Gasteiger partial charge in [-0.05, 0) is 68.1 Å². The molecular formula is C21H18Br2N2O2. The van der Waals surface area contributed by atoms with E-state index in [1.54, 1.807) is 24.3 Å². The second-order valence-corrected chi connectivity index (χ2v) is 7.40. The number of hydrogen-bond donors (Lipinski definition) is 1. The minimum absolute atomic E-state index is 0.0244. The fourth-order valence-electron chi connectivity index (χ4n) is 2.36. The molecule has 0 aliphatic heterocycles. The predicted molar refractivity (Wildman–Crippen MR) is 114 cm³/mol. The summed E-state index contributed by atoms with van der Waals surface area (Å²) in [4.78, 5) is 12.5. The van der Waals surface area contributed by atoms with Crippen molar-refractivity contribution in [3.8, 4) is 11.8 Å². The van der Waals surface area contributed by atoms with E-state index < -0.39 is 5.91 Å². The largest absolute Gasteiger partial charge is 0.487 e. The fourth-order valence-corrected chi connectivity index (χ4v) is 3.81. The van der Waals surface area contributed by atoms with Gasteiger partial charge in [0.05, 0.1) is 15.0 Å². The number of ether oxygens (including phenoxy) is 1. The van der Waals surface area contributed by atoms with Gasteiger partial charge in [-0.15, -0.1) is 0 Å². The molecule has 0 spiro atoms. The third kappa shape index (κ3) is 5.81. The van der Waals surface area contributed by atoms with Gasteiger partial charge in [0.1, 0.15) is 24.0 Å². The lowest BCUT2D eigenvalue weighted by atomic mass is 10.1. The molecule has 1 amide bonds. The van der Waals surface area contributed by atoms with Gasteiger partial charge in [0.25, 0.3) is 5.91 Å². The third-order valence-electron chi connectivity index (χ3n) is 3.69. The van der Waals surface area contributed by atoms with Crippen molar-refractivity contribution in [2.45, 2.75) is 13.0 Å². The van der Waals surface area contributed by atoms with E-state index in [9.17, 15) is 10.1 Å². The lowest BCUT2D eigenvalue weighted by Gasteiger charge is -2.14. The second-order valence-electron chi connectivity index (χ2n) is 5.69. The standard InChI is InChI=1S/C21H18Br2N2O2/c1-3-9-27-20-18(22)11-15(12-19(20)23)10-17(13-24)21(26)25-14(2)16-7-5-4-6-8-16/h3-8,10-12,14H,1,9H2,2H3,(H,25,26)/b17-10+/t14-/m0/s1. The molecule has 0 saturated heterocycles. The molecule has 138 valence electrons. The van der Waals surface area contributed by atoms with Gasteiger partial charge in [-0.2, -0.15) is 5.26 Å². The highest BCUT2D eigenvalue weighted by Gasteiger charge is 2.15. The molecule has 0 saturated carbocycles. The monoisotopic (exact) mass is 488 g/mol. The summed E-state index contributed by atoms with van der Waals surface area (Å²) in [6, 6.07) is 14.9. The van der Waals surface area contributed by atoms with Crippen LogP contribution in [-0.4, -0.2) is 12.5 Å². The van der Waals surface area contributed by atoms with E-state index in [1.807, 2.05) is 43.3 Å². The maximum Gasteiger partial charge on any atom is 0.262 e. The van der Waals surface area contributed by atoms with Crippen LogP contribution in [-0.2, 0) is 4.79 Å². The number of carbonyl (C=O) groups excluding carboxylic acids is 1. The molecule has 2 rings (SSSR count). The lowest BCUT2D eigenvalue weighted by Crippen LogP contribution is -2.27. The summed E-state index contributed by atoms with van der Waals surface area (Å²) in [5.41, 5.74) is 1.69. The van der Waals surface area contributed by atoms with Gasteiger partial charge in [-0.3, -0.25) is 4.79 Å². The van der Waals surface area contributed by atoms with Crippen molar-refractivity contribution in [1.29, 1.82) is 5.26 Å². The molecule has 27 heavy (non-hydrogen) atoms. The fraction of sp³-hybridized carbons (Fsp3) is 0.143. The first-order chi connectivity index (χ1) is 13.0. The molecule has 2 aromatic carbocycles. The number of halogens is 2. The number of hydrogen-bond acceptors (Lipinski definition) is 3. The van der Waals surface area contributed by atoms with Crippen molar-refractivity contribution in [3.05, 3.63) is 80.8 Å². The molecule has 0 unspecified atom stereocenters. The normalized spacial score (nSPS) is 12.0. The van der Waals surface area contributed by atoms with Crippen LogP contribution in [0.5, 0.6) is 5.75 Å².